The lowest BCUT2D eigenvalue weighted by Crippen LogP contribution is -2.15. The van der Waals surface area contributed by atoms with Crippen LogP contribution in [0.3, 0.4) is 0 Å². The molecule has 0 radical (unpaired) electrons. The molecule has 0 N–H and O–H groups in total. The van der Waals surface area contributed by atoms with Gasteiger partial charge in [-0.1, -0.05) is 48.6 Å². The van der Waals surface area contributed by atoms with E-state index >= 15 is 0 Å². The molecule has 0 aromatic carbocycles. The van der Waals surface area contributed by atoms with Crippen molar-refractivity contribution in [3.8, 4) is 0 Å². The van der Waals surface area contributed by atoms with Crippen molar-refractivity contribution in [2.24, 2.45) is 0 Å². The molecule has 0 rings (SSSR count). The lowest BCUT2D eigenvalue weighted by Gasteiger charge is -2.11. The second-order valence-corrected chi connectivity index (χ2v) is 5.20. The van der Waals surface area contributed by atoms with Crippen LogP contribution in [0.15, 0.2) is 48.6 Å². The van der Waals surface area contributed by atoms with E-state index in [4.69, 9.17) is 9.47 Å². The van der Waals surface area contributed by atoms with Gasteiger partial charge in [0.15, 0.2) is 0 Å². The molecule has 3 heteroatoms. The summed E-state index contributed by atoms with van der Waals surface area (Å²) >= 11 is 0. The lowest BCUT2D eigenvalue weighted by molar-refractivity contribution is 0.0850. The highest BCUT2D eigenvalue weighted by Crippen LogP contribution is 1.95. The minimum Gasteiger partial charge on any atom is -0.379 e. The summed E-state index contributed by atoms with van der Waals surface area (Å²) in [5.74, 6) is 0. The summed E-state index contributed by atoms with van der Waals surface area (Å²) < 4.78 is 11.2. The molecule has 0 fully saturated rings. The van der Waals surface area contributed by atoms with E-state index < -0.39 is 0 Å². The molecule has 0 heterocycles. The zero-order chi connectivity index (χ0) is 13.5. The van der Waals surface area contributed by atoms with Crippen LogP contribution in [0.25, 0.3) is 0 Å². The van der Waals surface area contributed by atoms with Crippen LogP contribution in [-0.4, -0.2) is 35.8 Å². The molecule has 0 saturated heterocycles. The molecule has 2 nitrogen and oxygen atoms in total. The Balaban J connectivity index is 3.39. The molecular weight excluding hydrogens is 240 g/mol. The first kappa shape index (κ1) is 17.1. The fourth-order valence-corrected chi connectivity index (χ4v) is 1.62. The summed E-state index contributed by atoms with van der Waals surface area (Å²) in [4.78, 5) is 0. The van der Waals surface area contributed by atoms with Gasteiger partial charge in [-0.3, -0.25) is 0 Å². The van der Waals surface area contributed by atoms with Crippen LogP contribution >= 0.6 is 0 Å². The normalized spacial score (nSPS) is 14.8. The smallest absolute Gasteiger partial charge is 0.0650 e. The van der Waals surface area contributed by atoms with Gasteiger partial charge in [0.2, 0.25) is 0 Å². The maximum absolute atomic E-state index is 5.67. The van der Waals surface area contributed by atoms with Crippen LogP contribution in [0.1, 0.15) is 20.3 Å². The van der Waals surface area contributed by atoms with Gasteiger partial charge in [0.25, 0.3) is 0 Å². The van der Waals surface area contributed by atoms with Gasteiger partial charge in [-0.25, -0.2) is 0 Å². The quantitative estimate of drug-likeness (QED) is 0.343. The zero-order valence-corrected chi connectivity index (χ0v) is 13.8. The van der Waals surface area contributed by atoms with E-state index in [2.05, 4.69) is 0 Å². The van der Waals surface area contributed by atoms with Crippen molar-refractivity contribution < 1.29 is 9.47 Å². The van der Waals surface area contributed by atoms with Crippen molar-refractivity contribution in [3.05, 3.63) is 48.6 Å². The van der Waals surface area contributed by atoms with Gasteiger partial charge in [-0.05, 0) is 20.3 Å². The first-order valence-corrected chi connectivity index (χ1v) is 7.71. The summed E-state index contributed by atoms with van der Waals surface area (Å²) in [6.07, 6.45) is 17.1. The van der Waals surface area contributed by atoms with E-state index in [1.807, 2.05) is 62.5 Å². The van der Waals surface area contributed by atoms with Gasteiger partial charge in [0.05, 0.1) is 13.2 Å². The van der Waals surface area contributed by atoms with Crippen LogP contribution < -0.4 is 0 Å². The van der Waals surface area contributed by atoms with E-state index in [0.29, 0.717) is 18.9 Å². The molecule has 0 aromatic rings. The van der Waals surface area contributed by atoms with Crippen molar-refractivity contribution in [1.29, 1.82) is 0 Å². The molecule has 0 bridgehead atoms. The highest BCUT2D eigenvalue weighted by Gasteiger charge is 1.99. The molecule has 0 aliphatic heterocycles. The number of allylic oxidation sites excluding steroid dienone is 6. The number of hydrogen-bond donors (Lipinski definition) is 0. The topological polar surface area (TPSA) is 18.5 Å². The van der Waals surface area contributed by atoms with Crippen LogP contribution in [0.5, 0.6) is 0 Å². The second kappa shape index (κ2) is 14.2. The van der Waals surface area contributed by atoms with Crippen LogP contribution in [0, 0.1) is 0 Å². The Morgan fingerprint density at radius 3 is 2.17 bits per heavy atom. The predicted octanol–water partition coefficient (Wildman–Crippen LogP) is 2.37. The summed E-state index contributed by atoms with van der Waals surface area (Å²) in [5, 5.41) is 0. The van der Waals surface area contributed by atoms with Crippen LogP contribution in [0.2, 0.25) is 0 Å². The second-order valence-electron chi connectivity index (χ2n) is 3.92. The summed E-state index contributed by atoms with van der Waals surface area (Å²) in [5.41, 5.74) is 0.375. The third-order valence-corrected chi connectivity index (χ3v) is 3.15. The highest BCUT2D eigenvalue weighted by molar-refractivity contribution is 6.10. The molecule has 102 valence electrons. The minimum absolute atomic E-state index is 0.375. The fraction of sp³-hybridized carbons (Fsp3) is 0.467. The zero-order valence-electron chi connectivity index (χ0n) is 11.8. The third kappa shape index (κ3) is 13.2. The number of rotatable bonds is 10. The molecule has 18 heavy (non-hydrogen) atoms. The molecule has 0 aliphatic carbocycles. The van der Waals surface area contributed by atoms with Gasteiger partial charge in [-0.2, -0.15) is 0 Å². The third-order valence-electron chi connectivity index (χ3n) is 2.24. The van der Waals surface area contributed by atoms with Gasteiger partial charge >= 0.3 is 0 Å². The molecular formula is C15H26O2Si. The fourth-order valence-electron chi connectivity index (χ4n) is 1.19. The van der Waals surface area contributed by atoms with Crippen LogP contribution in [0.4, 0.5) is 0 Å². The predicted molar refractivity (Wildman–Crippen MR) is 83.0 cm³/mol. The van der Waals surface area contributed by atoms with Crippen LogP contribution in [-0.2, 0) is 9.47 Å². The lowest BCUT2D eigenvalue weighted by atomic mass is 10.4. The Bertz CT molecular complexity index is 280. The SMILES string of the molecule is CC=CC=CCOCCC([SiH3])OCC=CC=CC. The van der Waals surface area contributed by atoms with Gasteiger partial charge in [-0.15, -0.1) is 0 Å². The van der Waals surface area contributed by atoms with Crippen molar-refractivity contribution in [3.63, 3.8) is 0 Å². The van der Waals surface area contributed by atoms with Gasteiger partial charge in [0, 0.05) is 22.6 Å². The number of ether oxygens (including phenoxy) is 2. The standard InChI is InChI=1S/C15H26O2Si/c1-3-5-7-9-12-16-14-11-15(18)17-13-10-8-6-4-2/h3-10,15H,11-14H2,1-2,18H3. The minimum atomic E-state index is 0.375. The van der Waals surface area contributed by atoms with Crippen molar-refractivity contribution in [1.82, 2.24) is 0 Å². The van der Waals surface area contributed by atoms with Gasteiger partial charge < -0.3 is 9.47 Å². The molecule has 0 aliphatic rings. The van der Waals surface area contributed by atoms with Crippen molar-refractivity contribution >= 4 is 10.2 Å². The Hall–Kier alpha value is -0.903. The monoisotopic (exact) mass is 266 g/mol. The first-order valence-electron chi connectivity index (χ1n) is 6.56. The maximum Gasteiger partial charge on any atom is 0.0650 e. The molecule has 0 spiro atoms. The highest BCUT2D eigenvalue weighted by atomic mass is 28.1. The molecule has 0 aromatic heterocycles. The molecule has 1 unspecified atom stereocenters. The first-order chi connectivity index (χ1) is 8.81. The van der Waals surface area contributed by atoms with E-state index in [1.165, 1.54) is 0 Å². The summed E-state index contributed by atoms with van der Waals surface area (Å²) in [6, 6.07) is 0. The average molecular weight is 266 g/mol. The van der Waals surface area contributed by atoms with E-state index in [9.17, 15) is 0 Å². The van der Waals surface area contributed by atoms with E-state index in [1.54, 1.807) is 0 Å². The Labute approximate surface area is 114 Å². The molecule has 0 saturated carbocycles. The maximum atomic E-state index is 5.67. The van der Waals surface area contributed by atoms with Crippen molar-refractivity contribution in [2.75, 3.05) is 19.8 Å². The summed E-state index contributed by atoms with van der Waals surface area (Å²) in [7, 11) is 1.05. The Morgan fingerprint density at radius 2 is 1.56 bits per heavy atom. The van der Waals surface area contributed by atoms with E-state index in [0.717, 1.165) is 23.3 Å². The van der Waals surface area contributed by atoms with Crippen molar-refractivity contribution in [2.45, 2.75) is 26.0 Å². The Kier molecular flexibility index (Phi) is 13.4. The largest absolute Gasteiger partial charge is 0.379 e. The van der Waals surface area contributed by atoms with Gasteiger partial charge in [0.1, 0.15) is 0 Å². The summed E-state index contributed by atoms with van der Waals surface area (Å²) in [6.45, 7) is 6.15. The number of hydrogen-bond acceptors (Lipinski definition) is 2. The average Bonchev–Trinajstić information content (AvgIpc) is 2.37. The Morgan fingerprint density at radius 1 is 0.944 bits per heavy atom. The molecule has 1 atom stereocenters. The van der Waals surface area contributed by atoms with E-state index in [-0.39, 0.29) is 0 Å². The molecule has 0 amide bonds.